The van der Waals surface area contributed by atoms with E-state index in [-0.39, 0.29) is 5.91 Å². The van der Waals surface area contributed by atoms with Crippen molar-refractivity contribution in [1.82, 2.24) is 14.9 Å². The van der Waals surface area contributed by atoms with Crippen molar-refractivity contribution in [2.24, 2.45) is 0 Å². The molecule has 0 unspecified atom stereocenters. The summed E-state index contributed by atoms with van der Waals surface area (Å²) < 4.78 is 6.65. The van der Waals surface area contributed by atoms with E-state index in [1.54, 1.807) is 5.38 Å². The fourth-order valence-electron chi connectivity index (χ4n) is 4.22. The molecule has 0 saturated carbocycles. The van der Waals surface area contributed by atoms with Crippen LogP contribution >= 0.6 is 22.7 Å². The molecule has 33 heavy (non-hydrogen) atoms. The minimum absolute atomic E-state index is 0.236. The number of carbonyl (C=O) groups is 1. The molecule has 0 aliphatic carbocycles. The van der Waals surface area contributed by atoms with E-state index in [1.165, 1.54) is 33.9 Å². The van der Waals surface area contributed by atoms with Gasteiger partial charge in [0.2, 0.25) is 0 Å². The van der Waals surface area contributed by atoms with Crippen LogP contribution in [0.2, 0.25) is 0 Å². The second kappa shape index (κ2) is 8.40. The lowest BCUT2D eigenvalue weighted by molar-refractivity contribution is 0.102. The van der Waals surface area contributed by atoms with Crippen LogP contribution in [0.15, 0.2) is 41.8 Å². The van der Waals surface area contributed by atoms with E-state index in [1.807, 2.05) is 18.2 Å². The minimum atomic E-state index is -0.236. The molecule has 1 fully saturated rings. The Morgan fingerprint density at radius 3 is 2.85 bits per heavy atom. The van der Waals surface area contributed by atoms with Gasteiger partial charge in [0, 0.05) is 49.2 Å². The molecule has 2 aromatic carbocycles. The Kier molecular flexibility index (Phi) is 5.24. The molecular weight excluding hydrogens is 454 g/mol. The summed E-state index contributed by atoms with van der Waals surface area (Å²) >= 11 is 2.97. The van der Waals surface area contributed by atoms with Crippen molar-refractivity contribution in [3.8, 4) is 16.3 Å². The zero-order chi connectivity index (χ0) is 22.4. The second-order valence-corrected chi connectivity index (χ2v) is 10.3. The molecule has 2 aromatic heterocycles. The third-order valence-corrected chi connectivity index (χ3v) is 7.96. The molecule has 6 rings (SSSR count). The van der Waals surface area contributed by atoms with Crippen molar-refractivity contribution in [2.75, 3.05) is 50.1 Å². The lowest BCUT2D eigenvalue weighted by Crippen LogP contribution is -2.44. The number of anilines is 2. The van der Waals surface area contributed by atoms with Crippen LogP contribution in [0.1, 0.15) is 16.1 Å². The van der Waals surface area contributed by atoms with Gasteiger partial charge >= 0.3 is 0 Å². The Morgan fingerprint density at radius 2 is 1.97 bits per heavy atom. The van der Waals surface area contributed by atoms with Gasteiger partial charge in [-0.2, -0.15) is 0 Å². The van der Waals surface area contributed by atoms with Crippen LogP contribution in [0, 0.1) is 0 Å². The average molecular weight is 478 g/mol. The fraction of sp³-hybridized carbons (Fsp3) is 0.292. The van der Waals surface area contributed by atoms with E-state index < -0.39 is 0 Å². The smallest absolute Gasteiger partial charge is 0.276 e. The summed E-state index contributed by atoms with van der Waals surface area (Å²) in [5, 5.41) is 6.15. The number of aromatic nitrogens is 2. The molecule has 4 aromatic rings. The number of likely N-dealkylation sites (N-methyl/N-ethyl adjacent to an activating group) is 1. The summed E-state index contributed by atoms with van der Waals surface area (Å²) in [4.78, 5) is 26.8. The monoisotopic (exact) mass is 477 g/mol. The molecule has 0 spiro atoms. The molecule has 9 heteroatoms. The summed E-state index contributed by atoms with van der Waals surface area (Å²) in [6.07, 6.45) is 0.913. The lowest BCUT2D eigenvalue weighted by Gasteiger charge is -2.34. The summed E-state index contributed by atoms with van der Waals surface area (Å²) in [5.74, 6) is 0.709. The van der Waals surface area contributed by atoms with Gasteiger partial charge in [-0.05, 0) is 49.0 Å². The number of carbonyl (C=O) groups excluding carboxylic acids is 1. The molecule has 2 aliphatic rings. The number of amides is 1. The Hall–Kier alpha value is -3.01. The Morgan fingerprint density at radius 1 is 1.09 bits per heavy atom. The number of hydrogen-bond acceptors (Lipinski definition) is 8. The van der Waals surface area contributed by atoms with Crippen molar-refractivity contribution >= 4 is 49.6 Å². The van der Waals surface area contributed by atoms with Gasteiger partial charge in [-0.1, -0.05) is 11.3 Å². The Balaban J connectivity index is 1.18. The summed E-state index contributed by atoms with van der Waals surface area (Å²) in [6.45, 7) is 4.90. The topological polar surface area (TPSA) is 70.6 Å². The van der Waals surface area contributed by atoms with Crippen LogP contribution in [0.25, 0.3) is 20.8 Å². The van der Waals surface area contributed by atoms with Crippen molar-refractivity contribution in [3.05, 3.63) is 53.0 Å². The molecule has 1 N–H and O–H groups in total. The maximum atomic E-state index is 12.8. The van der Waals surface area contributed by atoms with Crippen LogP contribution in [-0.2, 0) is 6.42 Å². The molecule has 0 atom stereocenters. The quantitative estimate of drug-likeness (QED) is 0.471. The first-order valence-electron chi connectivity index (χ1n) is 11.0. The van der Waals surface area contributed by atoms with Gasteiger partial charge < -0.3 is 14.5 Å². The van der Waals surface area contributed by atoms with E-state index in [4.69, 9.17) is 4.74 Å². The molecule has 0 radical (unpaired) electrons. The van der Waals surface area contributed by atoms with Crippen LogP contribution < -0.4 is 15.0 Å². The highest BCUT2D eigenvalue weighted by Crippen LogP contribution is 2.33. The standard InChI is InChI=1S/C24H23N5O2S2/c1-28-7-9-29(10-8-28)17-3-4-18-21(13-17)33-24(26-18)27-22(30)19-14-32-23(25-19)16-2-5-20-15(12-16)6-11-31-20/h2-5,12-14H,6-11H2,1H3,(H,26,27,30). The van der Waals surface area contributed by atoms with Gasteiger partial charge in [-0.3, -0.25) is 10.1 Å². The van der Waals surface area contributed by atoms with E-state index in [0.717, 1.165) is 65.7 Å². The summed E-state index contributed by atoms with van der Waals surface area (Å²) in [6, 6.07) is 12.4. The minimum Gasteiger partial charge on any atom is -0.493 e. The second-order valence-electron chi connectivity index (χ2n) is 8.37. The molecule has 0 bridgehead atoms. The van der Waals surface area contributed by atoms with Crippen LogP contribution in [-0.4, -0.2) is 60.6 Å². The van der Waals surface area contributed by atoms with Crippen molar-refractivity contribution in [2.45, 2.75) is 6.42 Å². The highest BCUT2D eigenvalue weighted by Gasteiger charge is 2.18. The maximum absolute atomic E-state index is 12.8. The maximum Gasteiger partial charge on any atom is 0.276 e. The Labute approximate surface area is 199 Å². The van der Waals surface area contributed by atoms with Gasteiger partial charge in [0.15, 0.2) is 5.13 Å². The average Bonchev–Trinajstić information content (AvgIpc) is 3.57. The number of fused-ring (bicyclic) bond motifs is 2. The number of piperazine rings is 1. The largest absolute Gasteiger partial charge is 0.493 e. The van der Waals surface area contributed by atoms with E-state index >= 15 is 0 Å². The predicted molar refractivity (Wildman–Crippen MR) is 134 cm³/mol. The summed E-state index contributed by atoms with van der Waals surface area (Å²) in [7, 11) is 2.16. The first-order valence-corrected chi connectivity index (χ1v) is 12.7. The molecule has 1 amide bonds. The summed E-state index contributed by atoms with van der Waals surface area (Å²) in [5.41, 5.74) is 4.72. The first kappa shape index (κ1) is 20.6. The number of nitrogens with one attached hydrogen (secondary N) is 1. The zero-order valence-electron chi connectivity index (χ0n) is 18.2. The van der Waals surface area contributed by atoms with Gasteiger partial charge in [0.05, 0.1) is 16.8 Å². The number of thiazole rings is 2. The first-order chi connectivity index (χ1) is 16.1. The normalized spacial score (nSPS) is 16.1. The van der Waals surface area contributed by atoms with Gasteiger partial charge in [0.25, 0.3) is 5.91 Å². The van der Waals surface area contributed by atoms with Crippen LogP contribution in [0.3, 0.4) is 0 Å². The number of benzene rings is 2. The molecule has 1 saturated heterocycles. The molecule has 2 aliphatic heterocycles. The molecular formula is C24H23N5O2S2. The highest BCUT2D eigenvalue weighted by atomic mass is 32.1. The van der Waals surface area contributed by atoms with E-state index in [0.29, 0.717) is 10.8 Å². The lowest BCUT2D eigenvalue weighted by atomic mass is 10.1. The highest BCUT2D eigenvalue weighted by molar-refractivity contribution is 7.22. The molecule has 4 heterocycles. The molecule has 168 valence electrons. The third-order valence-electron chi connectivity index (χ3n) is 6.13. The number of nitrogens with zero attached hydrogens (tertiary/aromatic N) is 4. The van der Waals surface area contributed by atoms with Gasteiger partial charge in [-0.25, -0.2) is 9.97 Å². The van der Waals surface area contributed by atoms with Crippen LogP contribution in [0.4, 0.5) is 10.8 Å². The van der Waals surface area contributed by atoms with E-state index in [9.17, 15) is 4.79 Å². The Bertz CT molecular complexity index is 1340. The number of ether oxygens (including phenoxy) is 1. The number of hydrogen-bond donors (Lipinski definition) is 1. The van der Waals surface area contributed by atoms with E-state index in [2.05, 4.69) is 50.3 Å². The fourth-order valence-corrected chi connectivity index (χ4v) is 5.91. The van der Waals surface area contributed by atoms with Crippen LogP contribution in [0.5, 0.6) is 5.75 Å². The van der Waals surface area contributed by atoms with Gasteiger partial charge in [-0.15, -0.1) is 11.3 Å². The zero-order valence-corrected chi connectivity index (χ0v) is 19.8. The third kappa shape index (κ3) is 4.07. The SMILES string of the molecule is CN1CCN(c2ccc3nc(NC(=O)c4csc(-c5ccc6c(c5)CCO6)n4)sc3c2)CC1. The van der Waals surface area contributed by atoms with Crippen molar-refractivity contribution in [1.29, 1.82) is 0 Å². The van der Waals surface area contributed by atoms with Gasteiger partial charge in [0.1, 0.15) is 16.5 Å². The van der Waals surface area contributed by atoms with Crippen molar-refractivity contribution in [3.63, 3.8) is 0 Å². The molecule has 7 nitrogen and oxygen atoms in total. The predicted octanol–water partition coefficient (Wildman–Crippen LogP) is 4.36. The van der Waals surface area contributed by atoms with Crippen molar-refractivity contribution < 1.29 is 9.53 Å². The number of rotatable bonds is 4.